The fourth-order valence-electron chi connectivity index (χ4n) is 1.16. The maximum Gasteiger partial charge on any atom is 0.345 e. The van der Waals surface area contributed by atoms with Crippen molar-refractivity contribution in [1.82, 2.24) is 9.97 Å². The maximum atomic E-state index is 10.9. The van der Waals surface area contributed by atoms with E-state index in [0.717, 1.165) is 0 Å². The van der Waals surface area contributed by atoms with Crippen LogP contribution in [0.1, 0.15) is 30.0 Å². The lowest BCUT2D eigenvalue weighted by Crippen LogP contribution is -2.28. The van der Waals surface area contributed by atoms with E-state index >= 15 is 0 Å². The van der Waals surface area contributed by atoms with Crippen LogP contribution in [-0.2, 0) is 6.42 Å². The van der Waals surface area contributed by atoms with Crippen LogP contribution >= 0.6 is 0 Å². The number of aromatic nitrogens is 2. The van der Waals surface area contributed by atoms with Crippen LogP contribution in [-0.4, -0.2) is 15.9 Å². The Morgan fingerprint density at radius 3 is 2.79 bits per heavy atom. The Hall–Kier alpha value is -1.65. The molecule has 76 valence electrons. The van der Waals surface area contributed by atoms with Crippen LogP contribution < -0.4 is 10.8 Å². The van der Waals surface area contributed by atoms with Gasteiger partial charge >= 0.3 is 5.69 Å². The predicted molar refractivity (Wildman–Crippen MR) is 47.7 cm³/mol. The van der Waals surface area contributed by atoms with Crippen molar-refractivity contribution in [1.29, 1.82) is 0 Å². The van der Waals surface area contributed by atoms with E-state index in [1.165, 1.54) is 6.07 Å². The molecule has 0 aliphatic carbocycles. The van der Waals surface area contributed by atoms with Gasteiger partial charge in [0.2, 0.25) is 0 Å². The normalized spacial score (nSPS) is 10.5. The molecule has 0 unspecified atom stereocenters. The van der Waals surface area contributed by atoms with Crippen molar-refractivity contribution in [2.75, 3.05) is 0 Å². The highest BCUT2D eigenvalue weighted by atomic mass is 16.4. The van der Waals surface area contributed by atoms with Gasteiger partial charge in [0, 0.05) is 5.69 Å². The first-order chi connectivity index (χ1) is 6.49. The Morgan fingerprint density at radius 1 is 1.64 bits per heavy atom. The zero-order valence-electron chi connectivity index (χ0n) is 8.03. The molecule has 0 aromatic carbocycles. The topological polar surface area (TPSA) is 85.9 Å². The fourth-order valence-corrected chi connectivity index (χ4v) is 1.16. The SMILES string of the molecule is CC(C)Cc1cc(C(=O)[O-])nc(=O)[nH]1. The summed E-state index contributed by atoms with van der Waals surface area (Å²) in [5, 5.41) is 10.5. The van der Waals surface area contributed by atoms with Gasteiger partial charge in [-0.25, -0.2) is 4.79 Å². The molecule has 1 heterocycles. The summed E-state index contributed by atoms with van der Waals surface area (Å²) in [6, 6.07) is 1.33. The molecule has 0 amide bonds. The van der Waals surface area contributed by atoms with Crippen molar-refractivity contribution in [3.05, 3.63) is 27.9 Å². The van der Waals surface area contributed by atoms with Crippen LogP contribution in [0, 0.1) is 5.92 Å². The van der Waals surface area contributed by atoms with Gasteiger partial charge in [-0.1, -0.05) is 13.8 Å². The van der Waals surface area contributed by atoms with Gasteiger partial charge in [-0.05, 0) is 18.4 Å². The zero-order valence-corrected chi connectivity index (χ0v) is 8.03. The van der Waals surface area contributed by atoms with Crippen LogP contribution in [0.15, 0.2) is 10.9 Å². The van der Waals surface area contributed by atoms with E-state index < -0.39 is 11.7 Å². The Balaban J connectivity index is 3.07. The van der Waals surface area contributed by atoms with E-state index in [1.54, 1.807) is 0 Å². The number of rotatable bonds is 3. The van der Waals surface area contributed by atoms with Gasteiger partial charge in [-0.2, -0.15) is 4.98 Å². The molecule has 1 aromatic heterocycles. The van der Waals surface area contributed by atoms with Crippen molar-refractivity contribution >= 4 is 5.97 Å². The predicted octanol–water partition coefficient (Wildman–Crippen LogP) is -0.668. The molecule has 0 aliphatic heterocycles. The van der Waals surface area contributed by atoms with Gasteiger partial charge in [0.1, 0.15) is 0 Å². The van der Waals surface area contributed by atoms with Gasteiger partial charge in [-0.15, -0.1) is 0 Å². The molecule has 0 saturated carbocycles. The van der Waals surface area contributed by atoms with Gasteiger partial charge in [0.05, 0.1) is 11.7 Å². The lowest BCUT2D eigenvalue weighted by atomic mass is 10.1. The third-order valence-electron chi connectivity index (χ3n) is 1.64. The molecule has 14 heavy (non-hydrogen) atoms. The van der Waals surface area contributed by atoms with Crippen molar-refractivity contribution < 1.29 is 9.90 Å². The quantitative estimate of drug-likeness (QED) is 0.693. The van der Waals surface area contributed by atoms with E-state index in [4.69, 9.17) is 0 Å². The summed E-state index contributed by atoms with van der Waals surface area (Å²) in [4.78, 5) is 27.1. The average molecular weight is 195 g/mol. The largest absolute Gasteiger partial charge is 0.543 e. The minimum absolute atomic E-state index is 0.315. The number of aromatic amines is 1. The van der Waals surface area contributed by atoms with Gasteiger partial charge in [0.15, 0.2) is 0 Å². The molecular weight excluding hydrogens is 184 g/mol. The highest BCUT2D eigenvalue weighted by molar-refractivity contribution is 5.83. The van der Waals surface area contributed by atoms with Crippen LogP contribution in [0.2, 0.25) is 0 Å². The molecule has 5 heteroatoms. The monoisotopic (exact) mass is 195 g/mol. The standard InChI is InChI=1S/C9H12N2O3/c1-5(2)3-6-4-7(8(12)13)11-9(14)10-6/h4-5H,3H2,1-2H3,(H,12,13)(H,10,11,14)/p-1. The van der Waals surface area contributed by atoms with E-state index in [2.05, 4.69) is 9.97 Å². The molecule has 0 radical (unpaired) electrons. The number of H-pyrrole nitrogens is 1. The van der Waals surface area contributed by atoms with Crippen molar-refractivity contribution in [2.24, 2.45) is 5.92 Å². The summed E-state index contributed by atoms with van der Waals surface area (Å²) in [6.45, 7) is 3.94. The minimum atomic E-state index is -1.43. The van der Waals surface area contributed by atoms with Crippen molar-refractivity contribution in [3.8, 4) is 0 Å². The Morgan fingerprint density at radius 2 is 2.29 bits per heavy atom. The van der Waals surface area contributed by atoms with Gasteiger partial charge < -0.3 is 14.9 Å². The summed E-state index contributed by atoms with van der Waals surface area (Å²) < 4.78 is 0. The lowest BCUT2D eigenvalue weighted by molar-refractivity contribution is -0.255. The molecule has 1 rings (SSSR count). The zero-order chi connectivity index (χ0) is 10.7. The van der Waals surface area contributed by atoms with Crippen molar-refractivity contribution in [3.63, 3.8) is 0 Å². The summed E-state index contributed by atoms with van der Waals surface area (Å²) in [5.41, 5.74) is -0.397. The molecule has 5 nitrogen and oxygen atoms in total. The van der Waals surface area contributed by atoms with Crippen LogP contribution in [0.5, 0.6) is 0 Å². The average Bonchev–Trinajstić information content (AvgIpc) is 2.01. The number of hydrogen-bond donors (Lipinski definition) is 1. The van der Waals surface area contributed by atoms with Crippen LogP contribution in [0.4, 0.5) is 0 Å². The van der Waals surface area contributed by atoms with Gasteiger partial charge in [-0.3, -0.25) is 0 Å². The summed E-state index contributed by atoms with van der Waals surface area (Å²) >= 11 is 0. The van der Waals surface area contributed by atoms with E-state index in [9.17, 15) is 14.7 Å². The molecule has 0 aliphatic rings. The summed E-state index contributed by atoms with van der Waals surface area (Å²) in [7, 11) is 0. The number of carboxylic acids is 1. The first-order valence-corrected chi connectivity index (χ1v) is 4.30. The van der Waals surface area contributed by atoms with Crippen LogP contribution in [0.25, 0.3) is 0 Å². The highest BCUT2D eigenvalue weighted by Gasteiger charge is 2.03. The lowest BCUT2D eigenvalue weighted by Gasteiger charge is -2.06. The second kappa shape index (κ2) is 4.04. The highest BCUT2D eigenvalue weighted by Crippen LogP contribution is 2.03. The van der Waals surface area contributed by atoms with E-state index in [-0.39, 0.29) is 5.69 Å². The third-order valence-corrected chi connectivity index (χ3v) is 1.64. The smallest absolute Gasteiger partial charge is 0.345 e. The Kier molecular flexibility index (Phi) is 3.01. The molecule has 1 N–H and O–H groups in total. The number of carbonyl (C=O) groups excluding carboxylic acids is 1. The Bertz CT molecular complexity index is 395. The number of carboxylic acid groups (broad SMARTS) is 1. The minimum Gasteiger partial charge on any atom is -0.543 e. The van der Waals surface area contributed by atoms with Gasteiger partial charge in [0.25, 0.3) is 0 Å². The molecule has 0 bridgehead atoms. The summed E-state index contributed by atoms with van der Waals surface area (Å²) in [6.07, 6.45) is 0.609. The van der Waals surface area contributed by atoms with E-state index in [1.807, 2.05) is 13.8 Å². The number of carbonyl (C=O) groups is 1. The molecule has 0 atom stereocenters. The first-order valence-electron chi connectivity index (χ1n) is 4.30. The number of nitrogens with zero attached hydrogens (tertiary/aromatic N) is 1. The molecule has 0 saturated heterocycles. The molecule has 0 fully saturated rings. The maximum absolute atomic E-state index is 10.9. The summed E-state index contributed by atoms with van der Waals surface area (Å²) in [5.74, 6) is -1.09. The Labute approximate surface area is 80.8 Å². The second-order valence-electron chi connectivity index (χ2n) is 3.48. The fraction of sp³-hybridized carbons (Fsp3) is 0.444. The van der Waals surface area contributed by atoms with E-state index in [0.29, 0.717) is 18.0 Å². The number of hydrogen-bond acceptors (Lipinski definition) is 4. The first kappa shape index (κ1) is 10.4. The molecule has 0 spiro atoms. The van der Waals surface area contributed by atoms with Crippen molar-refractivity contribution in [2.45, 2.75) is 20.3 Å². The third kappa shape index (κ3) is 2.69. The molecular formula is C9H11N2O3-. The number of nitrogens with one attached hydrogen (secondary N) is 1. The molecule has 1 aromatic rings. The second-order valence-corrected chi connectivity index (χ2v) is 3.48. The van der Waals surface area contributed by atoms with Crippen LogP contribution in [0.3, 0.4) is 0 Å². The number of aromatic carboxylic acids is 1.